The first-order chi connectivity index (χ1) is 12.0. The van der Waals surface area contributed by atoms with Crippen molar-refractivity contribution in [3.8, 4) is 0 Å². The summed E-state index contributed by atoms with van der Waals surface area (Å²) in [5.41, 5.74) is 0. The van der Waals surface area contributed by atoms with Crippen LogP contribution in [0, 0.1) is 0 Å². The maximum atomic E-state index is 6.05. The van der Waals surface area contributed by atoms with Gasteiger partial charge in [-0.2, -0.15) is 54.0 Å². The lowest BCUT2D eigenvalue weighted by molar-refractivity contribution is -0.153. The van der Waals surface area contributed by atoms with Crippen LogP contribution < -0.4 is 0 Å². The second kappa shape index (κ2) is 24.2. The molecule has 0 unspecified atom stereocenters. The third-order valence-electron chi connectivity index (χ3n) is 2.81. The van der Waals surface area contributed by atoms with Gasteiger partial charge in [0.05, 0.1) is 0 Å². The molecule has 0 spiro atoms. The van der Waals surface area contributed by atoms with E-state index in [9.17, 15) is 0 Å². The van der Waals surface area contributed by atoms with Crippen LogP contribution in [0.2, 0.25) is 0 Å². The van der Waals surface area contributed by atoms with Gasteiger partial charge in [0.25, 0.3) is 0 Å². The van der Waals surface area contributed by atoms with E-state index in [2.05, 4.69) is 0 Å². The van der Waals surface area contributed by atoms with Gasteiger partial charge in [0.1, 0.15) is 6.29 Å². The zero-order valence-corrected chi connectivity index (χ0v) is 24.8. The number of hydrogen-bond donors (Lipinski definition) is 0. The Morgan fingerprint density at radius 3 is 0.793 bits per heavy atom. The van der Waals surface area contributed by atoms with Crippen LogP contribution in [-0.4, -0.2) is 64.0 Å². The van der Waals surface area contributed by atoms with Crippen LogP contribution in [0.5, 0.6) is 0 Å². The van der Waals surface area contributed by atoms with E-state index in [0.717, 1.165) is 0 Å². The molecule has 0 bridgehead atoms. The zero-order valence-electron chi connectivity index (χ0n) is 18.8. The molecule has 0 saturated heterocycles. The van der Waals surface area contributed by atoms with Gasteiger partial charge < -0.3 is 35.4 Å². The van der Waals surface area contributed by atoms with Crippen molar-refractivity contribution in [3.05, 3.63) is 0 Å². The molecular weight excluding hydrogens is 493 g/mol. The van der Waals surface area contributed by atoms with Crippen LogP contribution >= 0.6 is 54.0 Å². The number of hydrogen-bond acceptors (Lipinski definition) is 8. The minimum absolute atomic E-state index is 0. The molecule has 0 aliphatic carbocycles. The summed E-state index contributed by atoms with van der Waals surface area (Å²) >= 11 is 0. The summed E-state index contributed by atoms with van der Waals surface area (Å²) in [4.78, 5) is 0. The molecule has 0 aromatic heterocycles. The fourth-order valence-electron chi connectivity index (χ4n) is 2.03. The maximum Gasteiger partial charge on any atom is 0.681 e. The van der Waals surface area contributed by atoms with E-state index < -0.39 is 24.4 Å². The van der Waals surface area contributed by atoms with Crippen molar-refractivity contribution in [1.29, 1.82) is 0 Å². The monoisotopic (exact) mass is 536 g/mol. The van der Waals surface area contributed by atoms with Crippen molar-refractivity contribution in [2.75, 3.05) is 39.6 Å². The Labute approximate surface area is 207 Å². The maximum absolute atomic E-state index is 6.05. The molecule has 0 aliphatic heterocycles. The van der Waals surface area contributed by atoms with Crippen molar-refractivity contribution in [1.82, 2.24) is 0 Å². The van der Waals surface area contributed by atoms with Gasteiger partial charge in [0, 0.05) is 39.6 Å². The van der Waals surface area contributed by atoms with E-state index in [4.69, 9.17) is 35.4 Å². The molecule has 8 nitrogen and oxygen atoms in total. The highest BCUT2D eigenvalue weighted by atomic mass is 32.1. The molecular formula is C15H44O8S4Si2. The van der Waals surface area contributed by atoms with Gasteiger partial charge in [0.15, 0.2) is 0 Å². The molecule has 0 amide bonds. The Morgan fingerprint density at radius 1 is 0.448 bits per heavy atom. The highest BCUT2D eigenvalue weighted by Crippen LogP contribution is 2.22. The topological polar surface area (TPSA) is 73.8 Å². The van der Waals surface area contributed by atoms with E-state index in [1.165, 1.54) is 0 Å². The SMILES string of the molecule is CCO[Si](OCC)(OCC)OC(CC)O[Si](OCC)(OCC)OCC.S.S.S.S. The second-order valence-electron chi connectivity index (χ2n) is 4.67. The Hall–Kier alpha value is 1.51. The van der Waals surface area contributed by atoms with E-state index in [1.54, 1.807) is 0 Å². The van der Waals surface area contributed by atoms with Crippen molar-refractivity contribution < 1.29 is 35.4 Å². The standard InChI is InChI=1S/C15H36O8Si2.4H2S/c1-8-15(22-24(16-9-2,17-10-3)18-11-4)23-25(19-12-5,20-13-6)21-14-7;;;;/h15H,8-14H2,1-7H3;4*1H2. The summed E-state index contributed by atoms with van der Waals surface area (Å²) in [6, 6.07) is 0. The molecule has 0 radical (unpaired) electrons. The second-order valence-corrected chi connectivity index (χ2v) is 8.88. The van der Waals surface area contributed by atoms with Gasteiger partial charge in [-0.1, -0.05) is 6.92 Å². The molecule has 184 valence electrons. The van der Waals surface area contributed by atoms with Gasteiger partial charge in [-0.15, -0.1) is 0 Å². The van der Waals surface area contributed by atoms with Crippen LogP contribution in [0.4, 0.5) is 0 Å². The van der Waals surface area contributed by atoms with E-state index in [-0.39, 0.29) is 54.0 Å². The van der Waals surface area contributed by atoms with Crippen LogP contribution in [0.25, 0.3) is 0 Å². The van der Waals surface area contributed by atoms with E-state index in [1.807, 2.05) is 48.5 Å². The Kier molecular flexibility index (Phi) is 34.0. The van der Waals surface area contributed by atoms with Gasteiger partial charge in [-0.25, -0.2) is 0 Å². The van der Waals surface area contributed by atoms with Crippen molar-refractivity contribution in [2.24, 2.45) is 0 Å². The summed E-state index contributed by atoms with van der Waals surface area (Å²) in [6.45, 7) is 15.6. The van der Waals surface area contributed by atoms with Crippen molar-refractivity contribution in [3.63, 3.8) is 0 Å². The Morgan fingerprint density at radius 2 is 0.655 bits per heavy atom. The molecule has 0 rings (SSSR count). The predicted octanol–water partition coefficient (Wildman–Crippen LogP) is 3.30. The van der Waals surface area contributed by atoms with Crippen molar-refractivity contribution >= 4 is 72.1 Å². The smallest absolute Gasteiger partial charge is 0.351 e. The highest BCUT2D eigenvalue weighted by Gasteiger charge is 2.52. The quantitative estimate of drug-likeness (QED) is 0.207. The first kappa shape index (κ1) is 40.8. The molecule has 0 saturated carbocycles. The third kappa shape index (κ3) is 15.9. The van der Waals surface area contributed by atoms with Gasteiger partial charge >= 0.3 is 18.1 Å². The number of rotatable bonds is 17. The summed E-state index contributed by atoms with van der Waals surface area (Å²) < 4.78 is 46.4. The van der Waals surface area contributed by atoms with Gasteiger partial charge in [-0.3, -0.25) is 0 Å². The molecule has 14 heteroatoms. The lowest BCUT2D eigenvalue weighted by Gasteiger charge is -2.34. The minimum atomic E-state index is -3.32. The van der Waals surface area contributed by atoms with Crippen LogP contribution in [0.15, 0.2) is 0 Å². The molecule has 0 N–H and O–H groups in total. The van der Waals surface area contributed by atoms with E-state index in [0.29, 0.717) is 46.1 Å². The first-order valence-corrected chi connectivity index (χ1v) is 12.5. The molecule has 0 aromatic carbocycles. The third-order valence-corrected chi connectivity index (χ3v) is 7.77. The largest absolute Gasteiger partial charge is 0.681 e. The zero-order chi connectivity index (χ0) is 19.2. The van der Waals surface area contributed by atoms with Crippen LogP contribution in [-0.2, 0) is 35.4 Å². The Balaban J connectivity index is -0.000000480. The van der Waals surface area contributed by atoms with Gasteiger partial charge in [-0.05, 0) is 48.0 Å². The normalized spacial score (nSPS) is 11.2. The minimum Gasteiger partial charge on any atom is -0.351 e. The van der Waals surface area contributed by atoms with Gasteiger partial charge in [0.2, 0.25) is 0 Å². The lowest BCUT2D eigenvalue weighted by Crippen LogP contribution is -2.56. The summed E-state index contributed by atoms with van der Waals surface area (Å²) in [7, 11) is -6.64. The predicted molar refractivity (Wildman–Crippen MR) is 139 cm³/mol. The summed E-state index contributed by atoms with van der Waals surface area (Å²) in [5, 5.41) is 0. The van der Waals surface area contributed by atoms with Crippen LogP contribution in [0.3, 0.4) is 0 Å². The fourth-order valence-corrected chi connectivity index (χ4v) is 6.23. The lowest BCUT2D eigenvalue weighted by atomic mass is 10.5. The molecule has 0 atom stereocenters. The fraction of sp³-hybridized carbons (Fsp3) is 1.00. The molecule has 0 aromatic rings. The summed E-state index contributed by atoms with van der Waals surface area (Å²) in [5.74, 6) is 0. The molecule has 0 heterocycles. The van der Waals surface area contributed by atoms with Crippen molar-refractivity contribution in [2.45, 2.75) is 61.2 Å². The molecule has 29 heavy (non-hydrogen) atoms. The Bertz CT molecular complexity index is 277. The van der Waals surface area contributed by atoms with E-state index >= 15 is 0 Å². The van der Waals surface area contributed by atoms with Crippen LogP contribution in [0.1, 0.15) is 54.9 Å². The summed E-state index contributed by atoms with van der Waals surface area (Å²) in [6.07, 6.45) is -0.156. The average molecular weight is 537 g/mol. The highest BCUT2D eigenvalue weighted by molar-refractivity contribution is 7.59. The first-order valence-electron chi connectivity index (χ1n) is 9.19. The average Bonchev–Trinajstić information content (AvgIpc) is 2.55. The molecule has 0 fully saturated rings. The molecule has 0 aliphatic rings.